The van der Waals surface area contributed by atoms with E-state index < -0.39 is 0 Å². The lowest BCUT2D eigenvalue weighted by Crippen LogP contribution is -2.38. The molecule has 1 aliphatic heterocycles. The number of hydrogen-bond acceptors (Lipinski definition) is 3. The van der Waals surface area contributed by atoms with Crippen molar-refractivity contribution >= 4 is 28.8 Å². The molecule has 20 heavy (non-hydrogen) atoms. The van der Waals surface area contributed by atoms with E-state index in [-0.39, 0.29) is 5.91 Å². The van der Waals surface area contributed by atoms with Crippen molar-refractivity contribution in [2.45, 2.75) is 19.8 Å². The predicted octanol–water partition coefficient (Wildman–Crippen LogP) is 1.99. The van der Waals surface area contributed by atoms with Crippen LogP contribution < -0.4 is 11.1 Å². The number of likely N-dealkylation sites (tertiary alicyclic amines) is 1. The Morgan fingerprint density at radius 1 is 1.40 bits per heavy atom. The molecular formula is C15H21N3OS. The number of nitrogens with two attached hydrogens (primary N) is 1. The standard InChI is InChI=1S/C15H21N3OS/c1-11-6-8-18(9-7-11)10-14(19)17-13-5-3-2-4-12(13)15(16)20/h2-5,11H,6-10H2,1H3,(H2,16,20)(H,17,19). The maximum Gasteiger partial charge on any atom is 0.238 e. The molecule has 2 rings (SSSR count). The van der Waals surface area contributed by atoms with Gasteiger partial charge in [-0.2, -0.15) is 0 Å². The molecule has 0 spiro atoms. The summed E-state index contributed by atoms with van der Waals surface area (Å²) < 4.78 is 0. The lowest BCUT2D eigenvalue weighted by Gasteiger charge is -2.29. The number of nitrogens with one attached hydrogen (secondary N) is 1. The molecule has 0 aliphatic carbocycles. The summed E-state index contributed by atoms with van der Waals surface area (Å²) in [5.41, 5.74) is 7.06. The van der Waals surface area contributed by atoms with E-state index in [1.54, 1.807) is 0 Å². The Morgan fingerprint density at radius 3 is 2.70 bits per heavy atom. The van der Waals surface area contributed by atoms with Gasteiger partial charge in [-0.05, 0) is 44.0 Å². The van der Waals surface area contributed by atoms with Crippen LogP contribution in [0.1, 0.15) is 25.3 Å². The summed E-state index contributed by atoms with van der Waals surface area (Å²) in [5.74, 6) is 0.757. The van der Waals surface area contributed by atoms with Gasteiger partial charge in [0.15, 0.2) is 0 Å². The van der Waals surface area contributed by atoms with Crippen LogP contribution in [0.25, 0.3) is 0 Å². The molecule has 0 unspecified atom stereocenters. The number of hydrogen-bond donors (Lipinski definition) is 2. The number of para-hydroxylation sites is 1. The molecule has 4 nitrogen and oxygen atoms in total. The normalized spacial score (nSPS) is 16.9. The summed E-state index contributed by atoms with van der Waals surface area (Å²) in [7, 11) is 0. The van der Waals surface area contributed by atoms with Gasteiger partial charge in [-0.3, -0.25) is 9.69 Å². The predicted molar refractivity (Wildman–Crippen MR) is 85.8 cm³/mol. The zero-order valence-electron chi connectivity index (χ0n) is 11.8. The van der Waals surface area contributed by atoms with E-state index in [1.807, 2.05) is 24.3 Å². The van der Waals surface area contributed by atoms with Gasteiger partial charge in [0.2, 0.25) is 5.91 Å². The molecule has 1 aromatic carbocycles. The zero-order chi connectivity index (χ0) is 14.5. The highest BCUT2D eigenvalue weighted by Crippen LogP contribution is 2.17. The van der Waals surface area contributed by atoms with Crippen molar-refractivity contribution in [1.82, 2.24) is 4.90 Å². The Kier molecular flexibility index (Phi) is 5.09. The van der Waals surface area contributed by atoms with Gasteiger partial charge in [-0.1, -0.05) is 31.3 Å². The largest absolute Gasteiger partial charge is 0.389 e. The molecule has 1 aliphatic rings. The van der Waals surface area contributed by atoms with E-state index in [0.717, 1.165) is 31.8 Å². The Bertz CT molecular complexity index is 496. The third-order valence-electron chi connectivity index (χ3n) is 3.71. The molecule has 1 heterocycles. The van der Waals surface area contributed by atoms with Crippen LogP contribution in [-0.4, -0.2) is 35.4 Å². The summed E-state index contributed by atoms with van der Waals surface area (Å²) in [6, 6.07) is 7.36. The van der Waals surface area contributed by atoms with Crippen LogP contribution in [-0.2, 0) is 4.79 Å². The number of benzene rings is 1. The highest BCUT2D eigenvalue weighted by molar-refractivity contribution is 7.80. The Labute approximate surface area is 125 Å². The second-order valence-corrected chi connectivity index (χ2v) is 5.86. The Balaban J connectivity index is 1.93. The maximum absolute atomic E-state index is 12.1. The number of carbonyl (C=O) groups excluding carboxylic acids is 1. The lowest BCUT2D eigenvalue weighted by atomic mass is 9.99. The van der Waals surface area contributed by atoms with Gasteiger partial charge in [-0.25, -0.2) is 0 Å². The van der Waals surface area contributed by atoms with Gasteiger partial charge < -0.3 is 11.1 Å². The fraction of sp³-hybridized carbons (Fsp3) is 0.467. The fourth-order valence-corrected chi connectivity index (χ4v) is 2.60. The highest BCUT2D eigenvalue weighted by atomic mass is 32.1. The van der Waals surface area contributed by atoms with Crippen LogP contribution in [0.15, 0.2) is 24.3 Å². The van der Waals surface area contributed by atoms with Crippen molar-refractivity contribution in [3.63, 3.8) is 0 Å². The number of rotatable bonds is 4. The molecular weight excluding hydrogens is 270 g/mol. The van der Waals surface area contributed by atoms with Crippen LogP contribution in [0.3, 0.4) is 0 Å². The summed E-state index contributed by atoms with van der Waals surface area (Å²) in [4.78, 5) is 14.6. The first-order valence-corrected chi connectivity index (χ1v) is 7.38. The molecule has 0 atom stereocenters. The van der Waals surface area contributed by atoms with E-state index in [0.29, 0.717) is 22.8 Å². The third kappa shape index (κ3) is 4.02. The van der Waals surface area contributed by atoms with E-state index >= 15 is 0 Å². The average molecular weight is 291 g/mol. The van der Waals surface area contributed by atoms with E-state index in [1.165, 1.54) is 0 Å². The quantitative estimate of drug-likeness (QED) is 0.833. The van der Waals surface area contributed by atoms with Crippen LogP contribution in [0.5, 0.6) is 0 Å². The van der Waals surface area contributed by atoms with Crippen LogP contribution in [0.2, 0.25) is 0 Å². The fourth-order valence-electron chi connectivity index (χ4n) is 2.42. The first-order valence-electron chi connectivity index (χ1n) is 6.97. The third-order valence-corrected chi connectivity index (χ3v) is 3.93. The molecule has 0 bridgehead atoms. The molecule has 0 aromatic heterocycles. The summed E-state index contributed by atoms with van der Waals surface area (Å²) in [5, 5.41) is 2.90. The molecule has 1 saturated heterocycles. The molecule has 1 aromatic rings. The molecule has 5 heteroatoms. The van der Waals surface area contributed by atoms with Crippen molar-refractivity contribution < 1.29 is 4.79 Å². The maximum atomic E-state index is 12.1. The van der Waals surface area contributed by atoms with Crippen molar-refractivity contribution in [2.24, 2.45) is 11.7 Å². The van der Waals surface area contributed by atoms with Crippen LogP contribution in [0.4, 0.5) is 5.69 Å². The summed E-state index contributed by atoms with van der Waals surface area (Å²) in [6.45, 7) is 4.67. The van der Waals surface area contributed by atoms with Crippen molar-refractivity contribution in [2.75, 3.05) is 25.0 Å². The summed E-state index contributed by atoms with van der Waals surface area (Å²) >= 11 is 4.99. The van der Waals surface area contributed by atoms with Gasteiger partial charge >= 0.3 is 0 Å². The smallest absolute Gasteiger partial charge is 0.238 e. The SMILES string of the molecule is CC1CCN(CC(=O)Nc2ccccc2C(N)=S)CC1. The van der Waals surface area contributed by atoms with Crippen LogP contribution in [0, 0.1) is 5.92 Å². The topological polar surface area (TPSA) is 58.4 Å². The molecule has 0 radical (unpaired) electrons. The number of amides is 1. The first kappa shape index (κ1) is 14.9. The van der Waals surface area contributed by atoms with E-state index in [4.69, 9.17) is 18.0 Å². The number of piperidine rings is 1. The summed E-state index contributed by atoms with van der Waals surface area (Å²) in [6.07, 6.45) is 2.33. The Morgan fingerprint density at radius 2 is 2.05 bits per heavy atom. The van der Waals surface area contributed by atoms with Gasteiger partial charge in [0.1, 0.15) is 4.99 Å². The molecule has 3 N–H and O–H groups in total. The number of thiocarbonyl (C=S) groups is 1. The van der Waals surface area contributed by atoms with Gasteiger partial charge in [0.25, 0.3) is 0 Å². The minimum absolute atomic E-state index is 0.0109. The minimum atomic E-state index is -0.0109. The van der Waals surface area contributed by atoms with Gasteiger partial charge in [-0.15, -0.1) is 0 Å². The second kappa shape index (κ2) is 6.81. The lowest BCUT2D eigenvalue weighted by molar-refractivity contribution is -0.117. The number of carbonyl (C=O) groups is 1. The zero-order valence-corrected chi connectivity index (χ0v) is 12.6. The molecule has 108 valence electrons. The average Bonchev–Trinajstić information content (AvgIpc) is 2.41. The van der Waals surface area contributed by atoms with Crippen molar-refractivity contribution in [3.05, 3.63) is 29.8 Å². The second-order valence-electron chi connectivity index (χ2n) is 5.42. The highest BCUT2D eigenvalue weighted by Gasteiger charge is 2.18. The first-order chi connectivity index (χ1) is 9.56. The van der Waals surface area contributed by atoms with Gasteiger partial charge in [0.05, 0.1) is 12.2 Å². The molecule has 0 saturated carbocycles. The molecule has 1 amide bonds. The molecule has 1 fully saturated rings. The van der Waals surface area contributed by atoms with Crippen LogP contribution >= 0.6 is 12.2 Å². The minimum Gasteiger partial charge on any atom is -0.389 e. The number of anilines is 1. The van der Waals surface area contributed by atoms with E-state index in [9.17, 15) is 4.79 Å². The van der Waals surface area contributed by atoms with Crippen molar-refractivity contribution in [1.29, 1.82) is 0 Å². The monoisotopic (exact) mass is 291 g/mol. The Hall–Kier alpha value is -1.46. The number of nitrogens with zero attached hydrogens (tertiary/aromatic N) is 1. The van der Waals surface area contributed by atoms with E-state index in [2.05, 4.69) is 17.1 Å². The van der Waals surface area contributed by atoms with Gasteiger partial charge in [0, 0.05) is 5.56 Å². The van der Waals surface area contributed by atoms with Crippen molar-refractivity contribution in [3.8, 4) is 0 Å².